The van der Waals surface area contributed by atoms with Gasteiger partial charge >= 0.3 is 5.97 Å². The molecule has 1 amide bonds. The fourth-order valence-corrected chi connectivity index (χ4v) is 1.98. The third-order valence-corrected chi connectivity index (χ3v) is 3.02. The van der Waals surface area contributed by atoms with E-state index in [-0.39, 0.29) is 24.5 Å². The van der Waals surface area contributed by atoms with Gasteiger partial charge in [0.05, 0.1) is 18.2 Å². The van der Waals surface area contributed by atoms with E-state index in [2.05, 4.69) is 5.32 Å². The molecule has 1 N–H and O–H groups in total. The molecular weight excluding hydrogens is 308 g/mol. The molecule has 2 aromatic rings. The number of hydrogen-bond donors (Lipinski definition) is 1. The van der Waals surface area contributed by atoms with Gasteiger partial charge in [0, 0.05) is 5.69 Å². The summed E-state index contributed by atoms with van der Waals surface area (Å²) in [5.74, 6) is -0.629. The summed E-state index contributed by atoms with van der Waals surface area (Å²) >= 11 is 0. The third-order valence-electron chi connectivity index (χ3n) is 3.02. The summed E-state index contributed by atoms with van der Waals surface area (Å²) in [6.45, 7) is 1.69. The lowest BCUT2D eigenvalue weighted by Gasteiger charge is -2.11. The Morgan fingerprint density at radius 2 is 1.96 bits per heavy atom. The van der Waals surface area contributed by atoms with Crippen LogP contribution in [0.4, 0.5) is 5.69 Å². The van der Waals surface area contributed by atoms with Crippen molar-refractivity contribution in [3.05, 3.63) is 59.7 Å². The molecule has 0 bridgehead atoms. The van der Waals surface area contributed by atoms with Gasteiger partial charge in [-0.05, 0) is 37.3 Å². The molecule has 0 aliphatic rings. The summed E-state index contributed by atoms with van der Waals surface area (Å²) in [4.78, 5) is 23.8. The summed E-state index contributed by atoms with van der Waals surface area (Å²) in [6, 6.07) is 15.1. The molecular formula is C18H16N2O4. The second kappa shape index (κ2) is 8.34. The zero-order valence-electron chi connectivity index (χ0n) is 13.1. The zero-order valence-corrected chi connectivity index (χ0v) is 13.1. The number of benzene rings is 2. The van der Waals surface area contributed by atoms with Gasteiger partial charge in [0.1, 0.15) is 11.3 Å². The number of rotatable bonds is 6. The van der Waals surface area contributed by atoms with Crippen molar-refractivity contribution >= 4 is 17.6 Å². The van der Waals surface area contributed by atoms with Gasteiger partial charge < -0.3 is 14.8 Å². The van der Waals surface area contributed by atoms with Crippen LogP contribution in [0.15, 0.2) is 48.5 Å². The van der Waals surface area contributed by atoms with E-state index in [1.165, 1.54) is 0 Å². The predicted octanol–water partition coefficient (Wildman–Crippen LogP) is 2.75. The monoisotopic (exact) mass is 324 g/mol. The SMILES string of the molecule is CCOC(=O)c1ccccc1OCC(=O)Nc1cccc(C#N)c1. The Kier molecular flexibility index (Phi) is 5.92. The van der Waals surface area contributed by atoms with Crippen LogP contribution in [-0.2, 0) is 9.53 Å². The van der Waals surface area contributed by atoms with E-state index < -0.39 is 11.9 Å². The van der Waals surface area contributed by atoms with E-state index in [9.17, 15) is 9.59 Å². The molecule has 2 aromatic carbocycles. The first-order valence-corrected chi connectivity index (χ1v) is 7.33. The van der Waals surface area contributed by atoms with Crippen molar-refractivity contribution in [1.82, 2.24) is 0 Å². The lowest BCUT2D eigenvalue weighted by Crippen LogP contribution is -2.21. The number of nitrogens with zero attached hydrogens (tertiary/aromatic N) is 1. The second-order valence-electron chi connectivity index (χ2n) is 4.75. The van der Waals surface area contributed by atoms with E-state index in [0.29, 0.717) is 11.3 Å². The van der Waals surface area contributed by atoms with E-state index in [1.807, 2.05) is 6.07 Å². The Labute approximate surface area is 139 Å². The largest absolute Gasteiger partial charge is 0.483 e. The maximum Gasteiger partial charge on any atom is 0.341 e. The topological polar surface area (TPSA) is 88.4 Å². The van der Waals surface area contributed by atoms with E-state index in [4.69, 9.17) is 14.7 Å². The molecule has 0 atom stereocenters. The van der Waals surface area contributed by atoms with Crippen LogP contribution >= 0.6 is 0 Å². The summed E-state index contributed by atoms with van der Waals surface area (Å²) in [5.41, 5.74) is 1.21. The minimum atomic E-state index is -0.504. The van der Waals surface area contributed by atoms with Gasteiger partial charge in [-0.3, -0.25) is 4.79 Å². The van der Waals surface area contributed by atoms with Crippen molar-refractivity contribution in [1.29, 1.82) is 5.26 Å². The summed E-state index contributed by atoms with van der Waals surface area (Å²) in [5, 5.41) is 11.5. The van der Waals surface area contributed by atoms with Crippen LogP contribution in [0, 0.1) is 11.3 Å². The molecule has 2 rings (SSSR count). The van der Waals surface area contributed by atoms with Gasteiger partial charge in [0.2, 0.25) is 0 Å². The van der Waals surface area contributed by atoms with Crippen molar-refractivity contribution in [2.75, 3.05) is 18.5 Å². The Hall–Kier alpha value is -3.33. The van der Waals surface area contributed by atoms with Crippen LogP contribution in [-0.4, -0.2) is 25.1 Å². The molecule has 0 saturated heterocycles. The maximum absolute atomic E-state index is 12.0. The molecule has 6 nitrogen and oxygen atoms in total. The van der Waals surface area contributed by atoms with Crippen molar-refractivity contribution in [3.8, 4) is 11.8 Å². The molecule has 0 aromatic heterocycles. The highest BCUT2D eigenvalue weighted by Gasteiger charge is 2.14. The van der Waals surface area contributed by atoms with Crippen LogP contribution in [0.3, 0.4) is 0 Å². The average Bonchev–Trinajstić information content (AvgIpc) is 2.60. The van der Waals surface area contributed by atoms with Crippen LogP contribution in [0.2, 0.25) is 0 Å². The smallest absolute Gasteiger partial charge is 0.341 e. The fraction of sp³-hybridized carbons (Fsp3) is 0.167. The van der Waals surface area contributed by atoms with Gasteiger partial charge in [-0.2, -0.15) is 5.26 Å². The first kappa shape index (κ1) is 17.0. The van der Waals surface area contributed by atoms with Crippen molar-refractivity contribution < 1.29 is 19.1 Å². The van der Waals surface area contributed by atoms with Gasteiger partial charge in [0.25, 0.3) is 5.91 Å². The number of nitriles is 1. The summed E-state index contributed by atoms with van der Waals surface area (Å²) < 4.78 is 10.4. The minimum absolute atomic E-state index is 0.253. The standard InChI is InChI=1S/C18H16N2O4/c1-2-23-18(22)15-8-3-4-9-16(15)24-12-17(21)20-14-7-5-6-13(10-14)11-19/h3-10H,2,12H2,1H3,(H,20,21). The number of carbonyl (C=O) groups excluding carboxylic acids is 2. The molecule has 0 heterocycles. The lowest BCUT2D eigenvalue weighted by molar-refractivity contribution is -0.118. The summed E-state index contributed by atoms with van der Waals surface area (Å²) in [7, 11) is 0. The molecule has 0 aliphatic heterocycles. The first-order valence-electron chi connectivity index (χ1n) is 7.33. The average molecular weight is 324 g/mol. The number of nitrogens with one attached hydrogen (secondary N) is 1. The molecule has 0 saturated carbocycles. The Morgan fingerprint density at radius 1 is 1.17 bits per heavy atom. The quantitative estimate of drug-likeness (QED) is 0.825. The van der Waals surface area contributed by atoms with E-state index in [0.717, 1.165) is 0 Å². The molecule has 6 heteroatoms. The first-order chi connectivity index (χ1) is 11.6. The molecule has 0 spiro atoms. The number of anilines is 1. The number of esters is 1. The normalized spacial score (nSPS) is 9.67. The maximum atomic E-state index is 12.0. The Balaban J connectivity index is 1.99. The number of hydrogen-bond acceptors (Lipinski definition) is 5. The highest BCUT2D eigenvalue weighted by atomic mass is 16.5. The highest BCUT2D eigenvalue weighted by molar-refractivity contribution is 5.94. The van der Waals surface area contributed by atoms with E-state index >= 15 is 0 Å². The van der Waals surface area contributed by atoms with Crippen molar-refractivity contribution in [2.24, 2.45) is 0 Å². The zero-order chi connectivity index (χ0) is 17.4. The lowest BCUT2D eigenvalue weighted by atomic mass is 10.2. The molecule has 0 radical (unpaired) electrons. The number of carbonyl (C=O) groups is 2. The van der Waals surface area contributed by atoms with Crippen LogP contribution < -0.4 is 10.1 Å². The Bertz CT molecular complexity index is 781. The second-order valence-corrected chi connectivity index (χ2v) is 4.75. The number of amides is 1. The summed E-state index contributed by atoms with van der Waals surface area (Å²) in [6.07, 6.45) is 0. The minimum Gasteiger partial charge on any atom is -0.483 e. The highest BCUT2D eigenvalue weighted by Crippen LogP contribution is 2.19. The van der Waals surface area contributed by atoms with Gasteiger partial charge in [-0.15, -0.1) is 0 Å². The number of para-hydroxylation sites is 1. The molecule has 0 unspecified atom stereocenters. The van der Waals surface area contributed by atoms with Gasteiger partial charge in [-0.1, -0.05) is 18.2 Å². The molecule has 0 aliphatic carbocycles. The van der Waals surface area contributed by atoms with Crippen LogP contribution in [0.1, 0.15) is 22.8 Å². The van der Waals surface area contributed by atoms with Gasteiger partial charge in [0.15, 0.2) is 6.61 Å². The molecule has 122 valence electrons. The van der Waals surface area contributed by atoms with Crippen LogP contribution in [0.25, 0.3) is 0 Å². The van der Waals surface area contributed by atoms with Crippen molar-refractivity contribution in [3.63, 3.8) is 0 Å². The van der Waals surface area contributed by atoms with E-state index in [1.54, 1.807) is 55.5 Å². The molecule has 24 heavy (non-hydrogen) atoms. The Morgan fingerprint density at radius 3 is 2.71 bits per heavy atom. The van der Waals surface area contributed by atoms with Crippen LogP contribution in [0.5, 0.6) is 5.75 Å². The fourth-order valence-electron chi connectivity index (χ4n) is 1.98. The van der Waals surface area contributed by atoms with Gasteiger partial charge in [-0.25, -0.2) is 4.79 Å². The third kappa shape index (κ3) is 4.58. The predicted molar refractivity (Wildman–Crippen MR) is 87.7 cm³/mol. The molecule has 0 fully saturated rings. The number of ether oxygens (including phenoxy) is 2. The van der Waals surface area contributed by atoms with Crippen molar-refractivity contribution in [2.45, 2.75) is 6.92 Å².